The van der Waals surface area contributed by atoms with E-state index in [2.05, 4.69) is 49.2 Å². The quantitative estimate of drug-likeness (QED) is 0.460. The second kappa shape index (κ2) is 9.12. The van der Waals surface area contributed by atoms with E-state index >= 15 is 0 Å². The molecule has 1 saturated heterocycles. The van der Waals surface area contributed by atoms with Crippen LogP contribution in [0.4, 0.5) is 5.82 Å². The third kappa shape index (κ3) is 4.20. The molecule has 36 heavy (non-hydrogen) atoms. The van der Waals surface area contributed by atoms with Crippen LogP contribution in [0.5, 0.6) is 11.5 Å². The first-order valence-electron chi connectivity index (χ1n) is 11.9. The zero-order valence-corrected chi connectivity index (χ0v) is 20.2. The van der Waals surface area contributed by atoms with Crippen molar-refractivity contribution in [1.29, 1.82) is 0 Å². The average molecular weight is 486 g/mol. The van der Waals surface area contributed by atoms with Gasteiger partial charge in [-0.15, -0.1) is 5.10 Å². The Morgan fingerprint density at radius 2 is 1.92 bits per heavy atom. The normalized spacial score (nSPS) is 17.5. The van der Waals surface area contributed by atoms with E-state index in [1.54, 1.807) is 0 Å². The number of amides is 1. The number of fused-ring (bicyclic) bond motifs is 2. The Labute approximate surface area is 208 Å². The molecule has 1 unspecified atom stereocenters. The molecule has 184 valence electrons. The standard InChI is InChI=1S/C26H27N7O3/c1-17-3-6-19(7-4-17)33-13-20-24(30-33)28-15-29-25(20)32-10-9-31(2)21(14-32)26(34)27-12-18-5-8-22-23(11-18)36-16-35-22/h3-8,11,13,15,21H,9-10,12,14,16H2,1-2H3,(H,27,34). The van der Waals surface area contributed by atoms with Gasteiger partial charge in [0.2, 0.25) is 12.7 Å². The van der Waals surface area contributed by atoms with E-state index in [9.17, 15) is 4.79 Å². The molecule has 2 aliphatic rings. The molecule has 1 fully saturated rings. The molecule has 0 bridgehead atoms. The van der Waals surface area contributed by atoms with Crippen molar-refractivity contribution in [2.75, 3.05) is 38.4 Å². The van der Waals surface area contributed by atoms with Crippen molar-refractivity contribution in [3.63, 3.8) is 0 Å². The number of likely N-dealkylation sites (N-methyl/N-ethyl adjacent to an activating group) is 1. The lowest BCUT2D eigenvalue weighted by molar-refractivity contribution is -0.126. The van der Waals surface area contributed by atoms with Crippen molar-refractivity contribution in [3.05, 3.63) is 66.1 Å². The molecule has 0 saturated carbocycles. The van der Waals surface area contributed by atoms with E-state index < -0.39 is 0 Å². The van der Waals surface area contributed by atoms with Crippen molar-refractivity contribution >= 4 is 22.8 Å². The zero-order valence-electron chi connectivity index (χ0n) is 20.2. The summed E-state index contributed by atoms with van der Waals surface area (Å²) < 4.78 is 12.6. The number of piperazine rings is 1. The first kappa shape index (κ1) is 22.3. The lowest BCUT2D eigenvalue weighted by atomic mass is 10.1. The van der Waals surface area contributed by atoms with Crippen LogP contribution in [0.3, 0.4) is 0 Å². The highest BCUT2D eigenvalue weighted by Gasteiger charge is 2.31. The fraction of sp³-hybridized carbons (Fsp3) is 0.308. The van der Waals surface area contributed by atoms with Crippen LogP contribution in [0.2, 0.25) is 0 Å². The molecule has 0 spiro atoms. The Hall–Kier alpha value is -4.18. The summed E-state index contributed by atoms with van der Waals surface area (Å²) in [5, 5.41) is 8.59. The second-order valence-electron chi connectivity index (χ2n) is 9.19. The van der Waals surface area contributed by atoms with Crippen LogP contribution in [0.15, 0.2) is 55.0 Å². The van der Waals surface area contributed by atoms with Gasteiger partial charge in [0.1, 0.15) is 18.2 Å². The first-order valence-corrected chi connectivity index (χ1v) is 11.9. The van der Waals surface area contributed by atoms with Gasteiger partial charge in [-0.25, -0.2) is 14.6 Å². The Bertz CT molecular complexity index is 1420. The molecule has 2 aromatic heterocycles. The Kier molecular flexibility index (Phi) is 5.65. The maximum atomic E-state index is 13.2. The molecule has 2 aliphatic heterocycles. The lowest BCUT2D eigenvalue weighted by Gasteiger charge is -2.39. The Morgan fingerprint density at radius 3 is 2.78 bits per heavy atom. The average Bonchev–Trinajstić information content (AvgIpc) is 3.54. The third-order valence-electron chi connectivity index (χ3n) is 6.75. The van der Waals surface area contributed by atoms with E-state index in [1.807, 2.05) is 48.3 Å². The molecule has 1 N–H and O–H groups in total. The van der Waals surface area contributed by atoms with Gasteiger partial charge in [-0.3, -0.25) is 9.69 Å². The molecule has 10 nitrogen and oxygen atoms in total. The van der Waals surface area contributed by atoms with Gasteiger partial charge >= 0.3 is 0 Å². The van der Waals surface area contributed by atoms with Gasteiger partial charge in [0.05, 0.1) is 11.1 Å². The SMILES string of the molecule is Cc1ccc(-n2cc3c(N4CCN(C)C(C(=O)NCc5ccc6c(c5)OCO6)C4)ncnc3n2)cc1. The molecule has 0 aliphatic carbocycles. The molecule has 10 heteroatoms. The number of aromatic nitrogens is 4. The highest BCUT2D eigenvalue weighted by atomic mass is 16.7. The highest BCUT2D eigenvalue weighted by Crippen LogP contribution is 2.32. The second-order valence-corrected chi connectivity index (χ2v) is 9.19. The minimum absolute atomic E-state index is 0.0273. The van der Waals surface area contributed by atoms with Crippen molar-refractivity contribution in [2.45, 2.75) is 19.5 Å². The van der Waals surface area contributed by atoms with E-state index in [-0.39, 0.29) is 18.7 Å². The predicted octanol–water partition coefficient (Wildman–Crippen LogP) is 2.29. The van der Waals surface area contributed by atoms with Gasteiger partial charge in [-0.1, -0.05) is 23.8 Å². The number of nitrogens with zero attached hydrogens (tertiary/aromatic N) is 6. The number of benzene rings is 2. The molecule has 0 radical (unpaired) electrons. The Morgan fingerprint density at radius 1 is 1.08 bits per heavy atom. The van der Waals surface area contributed by atoms with Crippen LogP contribution in [-0.4, -0.2) is 70.1 Å². The monoisotopic (exact) mass is 485 g/mol. The summed E-state index contributed by atoms with van der Waals surface area (Å²) >= 11 is 0. The van der Waals surface area contributed by atoms with Crippen molar-refractivity contribution in [1.82, 2.24) is 30.0 Å². The van der Waals surface area contributed by atoms with Crippen LogP contribution < -0.4 is 19.7 Å². The number of carbonyl (C=O) groups excluding carboxylic acids is 1. The minimum atomic E-state index is -0.315. The number of aryl methyl sites for hydroxylation is 1. The summed E-state index contributed by atoms with van der Waals surface area (Å²) in [5.41, 5.74) is 3.74. The molecule has 2 aromatic carbocycles. The van der Waals surface area contributed by atoms with Crippen LogP contribution in [0.1, 0.15) is 11.1 Å². The van der Waals surface area contributed by atoms with E-state index in [0.717, 1.165) is 41.3 Å². The molecule has 1 atom stereocenters. The van der Waals surface area contributed by atoms with Crippen LogP contribution in [0.25, 0.3) is 16.7 Å². The molecule has 1 amide bonds. The van der Waals surface area contributed by atoms with Gasteiger partial charge in [-0.2, -0.15) is 0 Å². The topological polar surface area (TPSA) is 97.6 Å². The lowest BCUT2D eigenvalue weighted by Crippen LogP contribution is -2.57. The predicted molar refractivity (Wildman–Crippen MR) is 134 cm³/mol. The van der Waals surface area contributed by atoms with Gasteiger partial charge < -0.3 is 19.7 Å². The van der Waals surface area contributed by atoms with Crippen LogP contribution in [0, 0.1) is 6.92 Å². The van der Waals surface area contributed by atoms with Crippen LogP contribution >= 0.6 is 0 Å². The van der Waals surface area contributed by atoms with Gasteiger partial charge in [0, 0.05) is 32.4 Å². The molecule has 4 aromatic rings. The van der Waals surface area contributed by atoms with E-state index in [1.165, 1.54) is 11.9 Å². The zero-order chi connectivity index (χ0) is 24.6. The first-order chi connectivity index (χ1) is 17.5. The summed E-state index contributed by atoms with van der Waals surface area (Å²) in [6.07, 6.45) is 3.50. The van der Waals surface area contributed by atoms with Crippen molar-refractivity contribution in [2.24, 2.45) is 0 Å². The number of anilines is 1. The molecular weight excluding hydrogens is 458 g/mol. The van der Waals surface area contributed by atoms with Gasteiger partial charge in [-0.05, 0) is 43.8 Å². The maximum absolute atomic E-state index is 13.2. The summed E-state index contributed by atoms with van der Waals surface area (Å²) in [6.45, 7) is 4.71. The highest BCUT2D eigenvalue weighted by molar-refractivity contribution is 5.88. The number of rotatable bonds is 5. The summed E-state index contributed by atoms with van der Waals surface area (Å²) in [7, 11) is 1.98. The Balaban J connectivity index is 1.19. The number of carbonyl (C=O) groups is 1. The minimum Gasteiger partial charge on any atom is -0.454 e. The van der Waals surface area contributed by atoms with E-state index in [0.29, 0.717) is 24.5 Å². The van der Waals surface area contributed by atoms with Crippen molar-refractivity contribution < 1.29 is 14.3 Å². The van der Waals surface area contributed by atoms with E-state index in [4.69, 9.17) is 9.47 Å². The van der Waals surface area contributed by atoms with Crippen molar-refractivity contribution in [3.8, 4) is 17.2 Å². The number of nitrogens with one attached hydrogen (secondary N) is 1. The smallest absolute Gasteiger partial charge is 0.239 e. The maximum Gasteiger partial charge on any atom is 0.239 e. The number of hydrogen-bond acceptors (Lipinski definition) is 8. The fourth-order valence-corrected chi connectivity index (χ4v) is 4.61. The van der Waals surface area contributed by atoms with Gasteiger partial charge in [0.15, 0.2) is 17.1 Å². The molecule has 6 rings (SSSR count). The molecular formula is C26H27N7O3. The summed E-state index contributed by atoms with van der Waals surface area (Å²) in [6, 6.07) is 13.6. The largest absolute Gasteiger partial charge is 0.454 e. The molecule has 4 heterocycles. The van der Waals surface area contributed by atoms with Gasteiger partial charge in [0.25, 0.3) is 0 Å². The summed E-state index contributed by atoms with van der Waals surface area (Å²) in [5.74, 6) is 2.21. The summed E-state index contributed by atoms with van der Waals surface area (Å²) in [4.78, 5) is 26.4. The third-order valence-corrected chi connectivity index (χ3v) is 6.75. The fourth-order valence-electron chi connectivity index (χ4n) is 4.61. The van der Waals surface area contributed by atoms with Crippen LogP contribution in [-0.2, 0) is 11.3 Å². The number of hydrogen-bond donors (Lipinski definition) is 1. The number of ether oxygens (including phenoxy) is 2.